The average molecular weight is 342 g/mol. The van der Waals surface area contributed by atoms with Crippen molar-refractivity contribution >= 4 is 12.0 Å². The number of aliphatic carboxylic acids is 1. The van der Waals surface area contributed by atoms with Gasteiger partial charge in [0, 0.05) is 25.0 Å². The van der Waals surface area contributed by atoms with Gasteiger partial charge in [0.1, 0.15) is 0 Å². The molecular weight excluding hydrogens is 325 g/mol. The number of halogens is 3. The SMILES string of the molecule is O=C(O)[C@@H]1CN(C(=O)N[C@@H]2C[C@H]2c2ccccc2)C[C@H]1C(F)(F)F. The summed E-state index contributed by atoms with van der Waals surface area (Å²) in [6.07, 6.45) is -3.90. The Balaban J connectivity index is 1.60. The predicted octanol–water partition coefficient (Wildman–Crippen LogP) is 2.45. The molecule has 0 bridgehead atoms. The summed E-state index contributed by atoms with van der Waals surface area (Å²) in [5, 5.41) is 11.7. The second kappa shape index (κ2) is 5.99. The van der Waals surface area contributed by atoms with Crippen molar-refractivity contribution in [3.63, 3.8) is 0 Å². The highest BCUT2D eigenvalue weighted by Gasteiger charge is 2.54. The van der Waals surface area contributed by atoms with Crippen molar-refractivity contribution in [2.45, 2.75) is 24.6 Å². The van der Waals surface area contributed by atoms with Gasteiger partial charge in [-0.3, -0.25) is 4.79 Å². The topological polar surface area (TPSA) is 69.6 Å². The van der Waals surface area contributed by atoms with Crippen LogP contribution in [-0.4, -0.2) is 47.3 Å². The number of hydrogen-bond donors (Lipinski definition) is 2. The molecule has 0 aromatic heterocycles. The summed E-state index contributed by atoms with van der Waals surface area (Å²) in [5.74, 6) is -5.00. The minimum atomic E-state index is -4.63. The van der Waals surface area contributed by atoms with Crippen molar-refractivity contribution in [3.8, 4) is 0 Å². The number of likely N-dealkylation sites (tertiary alicyclic amines) is 1. The van der Waals surface area contributed by atoms with Crippen LogP contribution in [0.3, 0.4) is 0 Å². The van der Waals surface area contributed by atoms with E-state index in [4.69, 9.17) is 5.11 Å². The number of carboxylic acid groups (broad SMARTS) is 1. The number of hydrogen-bond acceptors (Lipinski definition) is 2. The number of rotatable bonds is 3. The highest BCUT2D eigenvalue weighted by atomic mass is 19.4. The molecule has 1 saturated carbocycles. The normalized spacial score (nSPS) is 29.4. The number of amides is 2. The van der Waals surface area contributed by atoms with E-state index in [9.17, 15) is 22.8 Å². The van der Waals surface area contributed by atoms with Crippen molar-refractivity contribution < 1.29 is 27.9 Å². The lowest BCUT2D eigenvalue weighted by Gasteiger charge is -2.18. The lowest BCUT2D eigenvalue weighted by molar-refractivity contribution is -0.187. The number of urea groups is 1. The summed E-state index contributed by atoms with van der Waals surface area (Å²) in [6.45, 7) is -1.04. The Kier molecular flexibility index (Phi) is 4.15. The van der Waals surface area contributed by atoms with E-state index in [2.05, 4.69) is 5.32 Å². The summed E-state index contributed by atoms with van der Waals surface area (Å²) in [7, 11) is 0. The van der Waals surface area contributed by atoms with Crippen molar-refractivity contribution in [3.05, 3.63) is 35.9 Å². The van der Waals surface area contributed by atoms with Gasteiger partial charge in [0.25, 0.3) is 0 Å². The summed E-state index contributed by atoms with van der Waals surface area (Å²) in [5.41, 5.74) is 1.07. The summed E-state index contributed by atoms with van der Waals surface area (Å²) < 4.78 is 38.8. The first-order valence-corrected chi connectivity index (χ1v) is 7.67. The maximum Gasteiger partial charge on any atom is 0.394 e. The number of benzene rings is 1. The van der Waals surface area contributed by atoms with E-state index < -0.39 is 43.1 Å². The zero-order valence-electron chi connectivity index (χ0n) is 12.7. The Morgan fingerprint density at radius 2 is 1.83 bits per heavy atom. The van der Waals surface area contributed by atoms with Gasteiger partial charge in [0.15, 0.2) is 0 Å². The number of alkyl halides is 3. The zero-order valence-corrected chi connectivity index (χ0v) is 12.7. The van der Waals surface area contributed by atoms with Crippen molar-refractivity contribution in [1.82, 2.24) is 10.2 Å². The summed E-state index contributed by atoms with van der Waals surface area (Å²) in [4.78, 5) is 24.2. The van der Waals surface area contributed by atoms with E-state index in [1.165, 1.54) is 0 Å². The second-order valence-corrected chi connectivity index (χ2v) is 6.31. The number of carbonyl (C=O) groups is 2. The standard InChI is InChI=1S/C16H17F3N2O3/c17-16(18,19)12-8-21(7-11(12)14(22)23)15(24)20-13-6-10(13)9-4-2-1-3-5-9/h1-5,10-13H,6-8H2,(H,20,24)(H,22,23)/t10-,11+,12+,13+/m0/s1. The molecule has 5 nitrogen and oxygen atoms in total. The Hall–Kier alpha value is -2.25. The highest BCUT2D eigenvalue weighted by Crippen LogP contribution is 2.41. The molecule has 1 aromatic rings. The van der Waals surface area contributed by atoms with Crippen LogP contribution in [-0.2, 0) is 4.79 Å². The number of carboxylic acids is 1. The first kappa shape index (κ1) is 16.6. The van der Waals surface area contributed by atoms with Crippen LogP contribution in [0.2, 0.25) is 0 Å². The summed E-state index contributed by atoms with van der Waals surface area (Å²) in [6, 6.07) is 8.79. The van der Waals surface area contributed by atoms with Gasteiger partial charge in [0.05, 0.1) is 11.8 Å². The number of nitrogens with one attached hydrogen (secondary N) is 1. The van der Waals surface area contributed by atoms with Gasteiger partial charge in [-0.2, -0.15) is 13.2 Å². The molecule has 0 spiro atoms. The van der Waals surface area contributed by atoms with Crippen LogP contribution >= 0.6 is 0 Å². The molecule has 1 heterocycles. The van der Waals surface area contributed by atoms with Gasteiger partial charge in [-0.1, -0.05) is 30.3 Å². The quantitative estimate of drug-likeness (QED) is 0.886. The predicted molar refractivity (Wildman–Crippen MR) is 78.4 cm³/mol. The Labute approximate surface area is 136 Å². The van der Waals surface area contributed by atoms with Gasteiger partial charge in [0.2, 0.25) is 0 Å². The molecule has 2 amide bonds. The molecule has 2 N–H and O–H groups in total. The molecular formula is C16H17F3N2O3. The van der Waals surface area contributed by atoms with Crippen LogP contribution in [0, 0.1) is 11.8 Å². The van der Waals surface area contributed by atoms with Crippen molar-refractivity contribution in [2.75, 3.05) is 13.1 Å². The molecule has 24 heavy (non-hydrogen) atoms. The van der Waals surface area contributed by atoms with E-state index in [-0.39, 0.29) is 12.0 Å². The third-order valence-corrected chi connectivity index (χ3v) is 4.67. The molecule has 0 radical (unpaired) electrons. The minimum absolute atomic E-state index is 0.117. The first-order chi connectivity index (χ1) is 11.3. The molecule has 0 unspecified atom stereocenters. The van der Waals surface area contributed by atoms with Gasteiger partial charge < -0.3 is 15.3 Å². The fourth-order valence-corrected chi connectivity index (χ4v) is 3.22. The lowest BCUT2D eigenvalue weighted by atomic mass is 9.96. The molecule has 1 saturated heterocycles. The van der Waals surface area contributed by atoms with E-state index in [1.54, 1.807) is 0 Å². The Morgan fingerprint density at radius 1 is 1.17 bits per heavy atom. The van der Waals surface area contributed by atoms with Crippen LogP contribution in [0.5, 0.6) is 0 Å². The van der Waals surface area contributed by atoms with E-state index in [0.717, 1.165) is 16.9 Å². The van der Waals surface area contributed by atoms with Crippen LogP contribution in [0.15, 0.2) is 30.3 Å². The highest BCUT2D eigenvalue weighted by molar-refractivity contribution is 5.78. The average Bonchev–Trinajstić information content (AvgIpc) is 3.11. The second-order valence-electron chi connectivity index (χ2n) is 6.31. The molecule has 8 heteroatoms. The molecule has 4 atom stereocenters. The van der Waals surface area contributed by atoms with Crippen LogP contribution < -0.4 is 5.32 Å². The van der Waals surface area contributed by atoms with Crippen LogP contribution in [0.1, 0.15) is 17.9 Å². The molecule has 2 aliphatic rings. The largest absolute Gasteiger partial charge is 0.481 e. The molecule has 2 fully saturated rings. The van der Waals surface area contributed by atoms with E-state index in [1.807, 2.05) is 30.3 Å². The molecule has 130 valence electrons. The van der Waals surface area contributed by atoms with Gasteiger partial charge in [-0.25, -0.2) is 4.79 Å². The molecule has 1 aliphatic carbocycles. The lowest BCUT2D eigenvalue weighted by Crippen LogP contribution is -2.41. The number of carbonyl (C=O) groups excluding carboxylic acids is 1. The third kappa shape index (κ3) is 3.32. The fourth-order valence-electron chi connectivity index (χ4n) is 3.22. The molecule has 3 rings (SSSR count). The third-order valence-electron chi connectivity index (χ3n) is 4.67. The van der Waals surface area contributed by atoms with Gasteiger partial charge in [-0.05, 0) is 12.0 Å². The monoisotopic (exact) mass is 342 g/mol. The van der Waals surface area contributed by atoms with Crippen LogP contribution in [0.25, 0.3) is 0 Å². The summed E-state index contributed by atoms with van der Waals surface area (Å²) >= 11 is 0. The van der Waals surface area contributed by atoms with Gasteiger partial charge >= 0.3 is 18.2 Å². The smallest absolute Gasteiger partial charge is 0.394 e. The Morgan fingerprint density at radius 3 is 2.38 bits per heavy atom. The van der Waals surface area contributed by atoms with E-state index in [0.29, 0.717) is 0 Å². The first-order valence-electron chi connectivity index (χ1n) is 7.67. The van der Waals surface area contributed by atoms with Crippen molar-refractivity contribution in [1.29, 1.82) is 0 Å². The Bertz CT molecular complexity index is 635. The zero-order chi connectivity index (χ0) is 17.5. The minimum Gasteiger partial charge on any atom is -0.481 e. The fraction of sp³-hybridized carbons (Fsp3) is 0.500. The van der Waals surface area contributed by atoms with Gasteiger partial charge in [-0.15, -0.1) is 0 Å². The molecule has 1 aromatic carbocycles. The van der Waals surface area contributed by atoms with E-state index >= 15 is 0 Å². The number of nitrogens with zero attached hydrogens (tertiary/aromatic N) is 1. The molecule has 1 aliphatic heterocycles. The van der Waals surface area contributed by atoms with Crippen molar-refractivity contribution in [2.24, 2.45) is 11.8 Å². The maximum absolute atomic E-state index is 12.9. The van der Waals surface area contributed by atoms with Crippen LogP contribution in [0.4, 0.5) is 18.0 Å². The maximum atomic E-state index is 12.9.